The maximum Gasteiger partial charge on any atom is 0.153 e. The largest absolute Gasteiger partial charge is 0.385 e. The van der Waals surface area contributed by atoms with Gasteiger partial charge >= 0.3 is 0 Å². The molecular weight excluding hydrogens is 118 g/mol. The first-order valence-corrected chi connectivity index (χ1v) is 2.88. The van der Waals surface area contributed by atoms with E-state index in [0.29, 0.717) is 12.2 Å². The van der Waals surface area contributed by atoms with Crippen molar-refractivity contribution in [2.24, 2.45) is 0 Å². The van der Waals surface area contributed by atoms with Crippen LogP contribution in [0.2, 0.25) is 0 Å². The highest BCUT2D eigenvalue weighted by Gasteiger charge is 2.05. The lowest BCUT2D eigenvalue weighted by molar-refractivity contribution is 0.164. The van der Waals surface area contributed by atoms with Crippen LogP contribution in [-0.2, 0) is 0 Å². The molecule has 1 aromatic heterocycles. The average molecular weight is 127 g/mol. The van der Waals surface area contributed by atoms with Gasteiger partial charge in [-0.2, -0.15) is 5.10 Å². The van der Waals surface area contributed by atoms with E-state index in [9.17, 15) is 0 Å². The summed E-state index contributed by atoms with van der Waals surface area (Å²) < 4.78 is 0. The first-order valence-electron chi connectivity index (χ1n) is 2.88. The van der Waals surface area contributed by atoms with Crippen molar-refractivity contribution >= 4 is 0 Å². The molecule has 0 aliphatic carbocycles. The number of aliphatic hydroxyl groups is 1. The molecule has 9 heavy (non-hydrogen) atoms. The van der Waals surface area contributed by atoms with Crippen LogP contribution in [-0.4, -0.2) is 20.3 Å². The molecule has 1 aromatic rings. The summed E-state index contributed by atoms with van der Waals surface area (Å²) in [7, 11) is 0. The normalized spacial score (nSPS) is 13.6. The molecule has 0 aliphatic heterocycles. The van der Waals surface area contributed by atoms with Gasteiger partial charge in [-0.05, 0) is 6.42 Å². The van der Waals surface area contributed by atoms with Crippen LogP contribution in [0.5, 0.6) is 0 Å². The summed E-state index contributed by atoms with van der Waals surface area (Å²) in [5.74, 6) is 0.539. The fourth-order valence-corrected chi connectivity index (χ4v) is 0.569. The van der Waals surface area contributed by atoms with Gasteiger partial charge in [-0.3, -0.25) is 5.10 Å². The second kappa shape index (κ2) is 2.59. The summed E-state index contributed by atoms with van der Waals surface area (Å²) >= 11 is 0. The summed E-state index contributed by atoms with van der Waals surface area (Å²) in [6.07, 6.45) is 1.55. The number of nitrogens with one attached hydrogen (secondary N) is 1. The van der Waals surface area contributed by atoms with Crippen molar-refractivity contribution in [2.75, 3.05) is 0 Å². The van der Waals surface area contributed by atoms with Crippen molar-refractivity contribution in [1.29, 1.82) is 0 Å². The van der Waals surface area contributed by atoms with Crippen LogP contribution in [0, 0.1) is 0 Å². The first kappa shape index (κ1) is 6.22. The minimum atomic E-state index is -0.493. The number of aliphatic hydroxyl groups excluding tert-OH is 1. The third-order valence-corrected chi connectivity index (χ3v) is 1.14. The summed E-state index contributed by atoms with van der Waals surface area (Å²) in [6.45, 7) is 1.88. The highest BCUT2D eigenvalue weighted by Crippen LogP contribution is 2.07. The van der Waals surface area contributed by atoms with Crippen molar-refractivity contribution in [3.63, 3.8) is 0 Å². The van der Waals surface area contributed by atoms with E-state index < -0.39 is 6.10 Å². The van der Waals surface area contributed by atoms with Gasteiger partial charge in [-0.1, -0.05) is 6.92 Å². The lowest BCUT2D eigenvalue weighted by Gasteiger charge is -1.99. The quantitative estimate of drug-likeness (QED) is 0.598. The maximum atomic E-state index is 9.08. The van der Waals surface area contributed by atoms with Crippen LogP contribution in [0.3, 0.4) is 0 Å². The van der Waals surface area contributed by atoms with Gasteiger partial charge in [0.2, 0.25) is 0 Å². The number of H-pyrrole nitrogens is 1. The van der Waals surface area contributed by atoms with E-state index in [4.69, 9.17) is 5.11 Å². The van der Waals surface area contributed by atoms with E-state index in [0.717, 1.165) is 0 Å². The standard InChI is InChI=1S/C5H9N3O/c1-2-4(9)5-6-3-7-8-5/h3-4,9H,2H2,1H3,(H,6,7,8)/t4-/m1/s1. The maximum absolute atomic E-state index is 9.08. The molecule has 0 aliphatic rings. The zero-order chi connectivity index (χ0) is 6.69. The Bertz CT molecular complexity index is 161. The molecule has 1 atom stereocenters. The van der Waals surface area contributed by atoms with Crippen molar-refractivity contribution < 1.29 is 5.11 Å². The minimum absolute atomic E-state index is 0.493. The molecule has 4 heteroatoms. The molecule has 0 fully saturated rings. The molecule has 0 radical (unpaired) electrons. The van der Waals surface area contributed by atoms with Crippen molar-refractivity contribution in [3.8, 4) is 0 Å². The van der Waals surface area contributed by atoms with Crippen LogP contribution in [0.15, 0.2) is 6.33 Å². The Morgan fingerprint density at radius 2 is 2.67 bits per heavy atom. The van der Waals surface area contributed by atoms with Crippen molar-refractivity contribution in [2.45, 2.75) is 19.4 Å². The molecule has 50 valence electrons. The molecule has 0 bridgehead atoms. The molecule has 1 rings (SSSR count). The molecule has 0 amide bonds. The topological polar surface area (TPSA) is 61.8 Å². The molecule has 1 heterocycles. The Hall–Kier alpha value is -0.900. The number of rotatable bonds is 2. The Labute approximate surface area is 52.9 Å². The van der Waals surface area contributed by atoms with Gasteiger partial charge in [0.05, 0.1) is 0 Å². The van der Waals surface area contributed by atoms with Crippen LogP contribution in [0.4, 0.5) is 0 Å². The lowest BCUT2D eigenvalue weighted by atomic mass is 10.3. The summed E-state index contributed by atoms with van der Waals surface area (Å²) in [6, 6.07) is 0. The van der Waals surface area contributed by atoms with E-state index in [1.165, 1.54) is 6.33 Å². The van der Waals surface area contributed by atoms with Crippen LogP contribution in [0.1, 0.15) is 25.3 Å². The highest BCUT2D eigenvalue weighted by molar-refractivity contribution is 4.84. The second-order valence-electron chi connectivity index (χ2n) is 1.79. The monoisotopic (exact) mass is 127 g/mol. The number of hydrogen-bond donors (Lipinski definition) is 2. The van der Waals surface area contributed by atoms with Gasteiger partial charge < -0.3 is 5.11 Å². The average Bonchev–Trinajstić information content (AvgIpc) is 2.37. The summed E-state index contributed by atoms with van der Waals surface area (Å²) in [5.41, 5.74) is 0. The molecule has 0 unspecified atom stereocenters. The molecule has 0 aromatic carbocycles. The fraction of sp³-hybridized carbons (Fsp3) is 0.600. The smallest absolute Gasteiger partial charge is 0.153 e. The van der Waals surface area contributed by atoms with Gasteiger partial charge in [-0.25, -0.2) is 4.98 Å². The lowest BCUT2D eigenvalue weighted by Crippen LogP contribution is -1.96. The Kier molecular flexibility index (Phi) is 1.79. The number of aromatic nitrogens is 3. The van der Waals surface area contributed by atoms with Gasteiger partial charge in [-0.15, -0.1) is 0 Å². The predicted octanol–water partition coefficient (Wildman–Crippen LogP) is 0.248. The van der Waals surface area contributed by atoms with Gasteiger partial charge in [0.25, 0.3) is 0 Å². The molecule has 2 N–H and O–H groups in total. The van der Waals surface area contributed by atoms with E-state index in [1.54, 1.807) is 0 Å². The van der Waals surface area contributed by atoms with Crippen LogP contribution < -0.4 is 0 Å². The van der Waals surface area contributed by atoms with Crippen LogP contribution in [0.25, 0.3) is 0 Å². The summed E-state index contributed by atoms with van der Waals surface area (Å²) in [5, 5.41) is 15.3. The van der Waals surface area contributed by atoms with E-state index in [-0.39, 0.29) is 0 Å². The zero-order valence-electron chi connectivity index (χ0n) is 5.20. The molecule has 0 saturated carbocycles. The van der Waals surface area contributed by atoms with Crippen molar-refractivity contribution in [3.05, 3.63) is 12.2 Å². The van der Waals surface area contributed by atoms with Gasteiger partial charge in [0, 0.05) is 0 Å². The van der Waals surface area contributed by atoms with E-state index >= 15 is 0 Å². The van der Waals surface area contributed by atoms with Crippen LogP contribution >= 0.6 is 0 Å². The zero-order valence-corrected chi connectivity index (χ0v) is 5.20. The second-order valence-corrected chi connectivity index (χ2v) is 1.79. The Morgan fingerprint density at radius 3 is 3.11 bits per heavy atom. The Morgan fingerprint density at radius 1 is 1.89 bits per heavy atom. The fourth-order valence-electron chi connectivity index (χ4n) is 0.569. The van der Waals surface area contributed by atoms with Gasteiger partial charge in [0.1, 0.15) is 12.4 Å². The highest BCUT2D eigenvalue weighted by atomic mass is 16.3. The van der Waals surface area contributed by atoms with Gasteiger partial charge in [0.15, 0.2) is 5.82 Å². The Balaban J connectivity index is 2.65. The number of aromatic amines is 1. The molecule has 0 saturated heterocycles. The minimum Gasteiger partial charge on any atom is -0.385 e. The van der Waals surface area contributed by atoms with E-state index in [2.05, 4.69) is 15.2 Å². The first-order chi connectivity index (χ1) is 4.34. The van der Waals surface area contributed by atoms with Crippen molar-refractivity contribution in [1.82, 2.24) is 15.2 Å². The molecular formula is C5H9N3O. The predicted molar refractivity (Wildman–Crippen MR) is 31.6 cm³/mol. The van der Waals surface area contributed by atoms with E-state index in [1.807, 2.05) is 6.92 Å². The third-order valence-electron chi connectivity index (χ3n) is 1.14. The molecule has 0 spiro atoms. The summed E-state index contributed by atoms with van der Waals surface area (Å²) in [4.78, 5) is 3.77. The third kappa shape index (κ3) is 1.26. The number of nitrogens with zero attached hydrogens (tertiary/aromatic N) is 2. The number of hydrogen-bond acceptors (Lipinski definition) is 3. The molecule has 4 nitrogen and oxygen atoms in total. The SMILES string of the molecule is CC[C@@H](O)c1ncn[nH]1.